The van der Waals surface area contributed by atoms with Gasteiger partial charge in [0.1, 0.15) is 36.9 Å². The highest BCUT2D eigenvalue weighted by molar-refractivity contribution is 7.52. The van der Waals surface area contributed by atoms with Gasteiger partial charge in [0.15, 0.2) is 0 Å². The van der Waals surface area contributed by atoms with Crippen molar-refractivity contribution in [1.29, 1.82) is 0 Å². The Morgan fingerprint density at radius 3 is 1.27 bits per heavy atom. The van der Waals surface area contributed by atoms with Crippen LogP contribution >= 0.6 is 15.2 Å². The fraction of sp³-hybridized carbons (Fsp3) is 0.455. The molecule has 0 aromatic heterocycles. The first-order chi connectivity index (χ1) is 22.6. The number of amides is 2. The largest absolute Gasteiger partial charge is 0.491 e. The average Bonchev–Trinajstić information content (AvgIpc) is 3.01. The second-order valence-corrected chi connectivity index (χ2v) is 16.0. The molecule has 0 radical (unpaired) electrons. The third kappa shape index (κ3) is 14.6. The predicted octanol–water partition coefficient (Wildman–Crippen LogP) is 2.66. The maximum Gasteiger partial charge on any atom is 0.327 e. The van der Waals surface area contributed by atoms with Crippen molar-refractivity contribution in [3.8, 4) is 11.5 Å². The maximum atomic E-state index is 12.4. The second kappa shape index (κ2) is 18.1. The summed E-state index contributed by atoms with van der Waals surface area (Å²) >= 11 is 0. The van der Waals surface area contributed by atoms with Crippen molar-refractivity contribution in [3.63, 3.8) is 0 Å². The molecule has 2 aromatic rings. The van der Waals surface area contributed by atoms with Crippen molar-refractivity contribution in [2.45, 2.75) is 45.3 Å². The molecule has 16 heteroatoms. The molecule has 0 saturated heterocycles. The van der Waals surface area contributed by atoms with Gasteiger partial charge >= 0.3 is 15.2 Å². The Morgan fingerprint density at radius 1 is 0.694 bits per heavy atom. The maximum absolute atomic E-state index is 12.4. The molecule has 6 N–H and O–H groups in total. The SMILES string of the molecule is C=C(C)C(=O)N(CCP(=O)(O)O)CC(O)COc1ccc(C(C)(C)c2ccc(OCC(O)CN(CCP(=O)(O)O)C(=O)C(=C)C)cc2)cc1. The third-order valence-electron chi connectivity index (χ3n) is 7.53. The van der Waals surface area contributed by atoms with Crippen molar-refractivity contribution < 1.29 is 58.0 Å². The number of aliphatic hydroxyl groups is 2. The minimum Gasteiger partial charge on any atom is -0.491 e. The lowest BCUT2D eigenvalue weighted by Crippen LogP contribution is -2.41. The number of nitrogens with zero attached hydrogens (tertiary/aromatic N) is 2. The van der Waals surface area contributed by atoms with E-state index >= 15 is 0 Å². The Hall–Kier alpha value is -3.32. The summed E-state index contributed by atoms with van der Waals surface area (Å²) in [5.74, 6) is -0.0975. The summed E-state index contributed by atoms with van der Waals surface area (Å²) in [5, 5.41) is 21.0. The van der Waals surface area contributed by atoms with Crippen LogP contribution in [0.5, 0.6) is 11.5 Å². The summed E-state index contributed by atoms with van der Waals surface area (Å²) in [5.41, 5.74) is 1.82. The molecule has 0 spiro atoms. The van der Waals surface area contributed by atoms with Gasteiger partial charge in [-0.25, -0.2) is 0 Å². The highest BCUT2D eigenvalue weighted by atomic mass is 31.2. The van der Waals surface area contributed by atoms with E-state index in [1.807, 2.05) is 38.1 Å². The Kier molecular flexibility index (Phi) is 15.4. The minimum atomic E-state index is -4.35. The Labute approximate surface area is 287 Å². The third-order valence-corrected chi connectivity index (χ3v) is 9.09. The van der Waals surface area contributed by atoms with Gasteiger partial charge in [-0.1, -0.05) is 51.3 Å². The fourth-order valence-corrected chi connectivity index (χ4v) is 5.70. The van der Waals surface area contributed by atoms with Gasteiger partial charge < -0.3 is 49.1 Å². The average molecular weight is 727 g/mol. The Bertz CT molecular complexity index is 1420. The van der Waals surface area contributed by atoms with Crippen LogP contribution in [0.1, 0.15) is 38.8 Å². The van der Waals surface area contributed by atoms with Gasteiger partial charge in [0, 0.05) is 29.7 Å². The first-order valence-corrected chi connectivity index (χ1v) is 19.0. The number of hydrogen-bond acceptors (Lipinski definition) is 8. The highest BCUT2D eigenvalue weighted by Crippen LogP contribution is 2.35. The van der Waals surface area contributed by atoms with E-state index in [-0.39, 0.29) is 50.5 Å². The van der Waals surface area contributed by atoms with Gasteiger partial charge in [0.2, 0.25) is 11.8 Å². The zero-order valence-electron chi connectivity index (χ0n) is 28.3. The van der Waals surface area contributed by atoms with Gasteiger partial charge in [0.05, 0.1) is 25.4 Å². The van der Waals surface area contributed by atoms with E-state index in [2.05, 4.69) is 13.2 Å². The zero-order chi connectivity index (χ0) is 37.2. The molecule has 2 unspecified atom stereocenters. The molecular weight excluding hydrogens is 678 g/mol. The lowest BCUT2D eigenvalue weighted by molar-refractivity contribution is -0.129. The molecule has 2 rings (SSSR count). The standard InChI is InChI=1S/C33H48N2O12P2/c1-23(2)31(38)34(15-17-48(40,41)42)19-27(36)21-46-29-11-7-25(8-12-29)33(5,6)26-9-13-30(14-10-26)47-22-28(37)20-35(32(39)24(3)4)16-18-49(43,44)45/h7-14,27-28,36-37H,1,3,15-22H2,2,4-6H3,(H2,40,41,42)(H2,43,44,45). The van der Waals surface area contributed by atoms with E-state index in [0.29, 0.717) is 11.5 Å². The monoisotopic (exact) mass is 726 g/mol. The summed E-state index contributed by atoms with van der Waals surface area (Å²) in [4.78, 5) is 63.8. The second-order valence-electron chi connectivity index (χ2n) is 12.4. The molecule has 49 heavy (non-hydrogen) atoms. The Morgan fingerprint density at radius 2 is 1.00 bits per heavy atom. The Balaban J connectivity index is 1.97. The highest BCUT2D eigenvalue weighted by Gasteiger charge is 2.26. The van der Waals surface area contributed by atoms with Crippen LogP contribution in [0.4, 0.5) is 0 Å². The van der Waals surface area contributed by atoms with E-state index in [1.54, 1.807) is 24.3 Å². The van der Waals surface area contributed by atoms with Crippen LogP contribution < -0.4 is 9.47 Å². The predicted molar refractivity (Wildman–Crippen MR) is 185 cm³/mol. The minimum absolute atomic E-state index is 0.162. The summed E-state index contributed by atoms with van der Waals surface area (Å²) in [7, 11) is -8.69. The summed E-state index contributed by atoms with van der Waals surface area (Å²) in [6.07, 6.45) is -3.33. The smallest absolute Gasteiger partial charge is 0.327 e. The van der Waals surface area contributed by atoms with Crippen LogP contribution in [0.2, 0.25) is 0 Å². The number of benzene rings is 2. The molecule has 0 heterocycles. The van der Waals surface area contributed by atoms with E-state index in [1.165, 1.54) is 13.8 Å². The van der Waals surface area contributed by atoms with Crippen LogP contribution in [0.3, 0.4) is 0 Å². The number of rotatable bonds is 20. The number of aliphatic hydroxyl groups excluding tert-OH is 2. The molecule has 0 fully saturated rings. The quantitative estimate of drug-likeness (QED) is 0.0859. The topological polar surface area (TPSA) is 215 Å². The number of hydrogen-bond donors (Lipinski definition) is 6. The molecule has 2 atom stereocenters. The molecule has 272 valence electrons. The van der Waals surface area contributed by atoms with Crippen molar-refractivity contribution in [3.05, 3.63) is 84.0 Å². The number of carbonyl (C=O) groups is 2. The normalized spacial score (nSPS) is 13.3. The molecular formula is C33H48N2O12P2. The molecule has 0 bridgehead atoms. The number of carbonyl (C=O) groups excluding carboxylic acids is 2. The van der Waals surface area contributed by atoms with E-state index < -0.39 is 57.0 Å². The summed E-state index contributed by atoms with van der Waals surface area (Å²) < 4.78 is 34.0. The van der Waals surface area contributed by atoms with E-state index in [0.717, 1.165) is 20.9 Å². The molecule has 0 saturated carbocycles. The van der Waals surface area contributed by atoms with Crippen molar-refractivity contribution in [2.75, 3.05) is 51.7 Å². The molecule has 2 aromatic carbocycles. The zero-order valence-corrected chi connectivity index (χ0v) is 30.1. The van der Waals surface area contributed by atoms with Gasteiger partial charge in [-0.05, 0) is 49.2 Å². The fourth-order valence-electron chi connectivity index (χ4n) is 4.69. The number of ether oxygens (including phenoxy) is 2. The van der Waals surface area contributed by atoms with Crippen LogP contribution in [-0.4, -0.2) is 115 Å². The molecule has 2 amide bonds. The van der Waals surface area contributed by atoms with Crippen molar-refractivity contribution in [2.24, 2.45) is 0 Å². The molecule has 14 nitrogen and oxygen atoms in total. The van der Waals surface area contributed by atoms with Crippen LogP contribution in [0.25, 0.3) is 0 Å². The first-order valence-electron chi connectivity index (χ1n) is 15.4. The lowest BCUT2D eigenvalue weighted by Gasteiger charge is -2.27. The van der Waals surface area contributed by atoms with Crippen LogP contribution in [0, 0.1) is 0 Å². The van der Waals surface area contributed by atoms with E-state index in [9.17, 15) is 48.5 Å². The van der Waals surface area contributed by atoms with Gasteiger partial charge in [-0.15, -0.1) is 0 Å². The van der Waals surface area contributed by atoms with Crippen molar-refractivity contribution >= 4 is 27.0 Å². The van der Waals surface area contributed by atoms with Gasteiger partial charge in [0.25, 0.3) is 0 Å². The summed E-state index contributed by atoms with van der Waals surface area (Å²) in [6.45, 7) is 13.0. The van der Waals surface area contributed by atoms with Crippen molar-refractivity contribution in [1.82, 2.24) is 9.80 Å². The molecule has 0 aliphatic carbocycles. The van der Waals surface area contributed by atoms with E-state index in [4.69, 9.17) is 9.47 Å². The molecule has 0 aliphatic rings. The molecule has 0 aliphatic heterocycles. The summed E-state index contributed by atoms with van der Waals surface area (Å²) in [6, 6.07) is 14.5. The lowest BCUT2D eigenvalue weighted by atomic mass is 9.78. The van der Waals surface area contributed by atoms with Crippen LogP contribution in [0.15, 0.2) is 72.8 Å². The van der Waals surface area contributed by atoms with Crippen LogP contribution in [-0.2, 0) is 24.1 Å². The first kappa shape index (κ1) is 41.8. The van der Waals surface area contributed by atoms with Gasteiger partial charge in [-0.3, -0.25) is 18.7 Å². The van der Waals surface area contributed by atoms with Gasteiger partial charge in [-0.2, -0.15) is 0 Å².